The average molecular weight is 296 g/mol. The summed E-state index contributed by atoms with van der Waals surface area (Å²) in [6.07, 6.45) is 4.51. The van der Waals surface area contributed by atoms with Crippen LogP contribution < -0.4 is 10.6 Å². The first-order chi connectivity index (χ1) is 10.1. The summed E-state index contributed by atoms with van der Waals surface area (Å²) in [6, 6.07) is 1.16. The minimum absolute atomic E-state index is 0.0272. The summed E-state index contributed by atoms with van der Waals surface area (Å²) < 4.78 is 0. The normalized spacial score (nSPS) is 25.4. The van der Waals surface area contributed by atoms with Crippen LogP contribution in [-0.2, 0) is 9.59 Å². The van der Waals surface area contributed by atoms with Crippen molar-refractivity contribution in [3.8, 4) is 0 Å². The van der Waals surface area contributed by atoms with E-state index in [4.69, 9.17) is 0 Å². The van der Waals surface area contributed by atoms with E-state index in [-0.39, 0.29) is 18.4 Å². The van der Waals surface area contributed by atoms with Gasteiger partial charge in [-0.3, -0.25) is 14.5 Å². The number of rotatable bonds is 6. The Balaban J connectivity index is 1.74. The lowest BCUT2D eigenvalue weighted by Crippen LogP contribution is -2.45. The molecule has 2 bridgehead atoms. The largest absolute Gasteiger partial charge is 0.355 e. The molecule has 2 fully saturated rings. The zero-order chi connectivity index (χ0) is 15.2. The van der Waals surface area contributed by atoms with E-state index in [9.17, 15) is 9.59 Å². The molecule has 6 nitrogen and oxygen atoms in total. The van der Waals surface area contributed by atoms with Crippen molar-refractivity contribution in [3.63, 3.8) is 0 Å². The van der Waals surface area contributed by atoms with Crippen LogP contribution in [0, 0.1) is 0 Å². The number of carbonyl (C=O) groups is 2. The Morgan fingerprint density at radius 1 is 1.29 bits per heavy atom. The molecule has 0 saturated carbocycles. The first-order valence-electron chi connectivity index (χ1n) is 8.07. The van der Waals surface area contributed by atoms with Crippen LogP contribution in [-0.4, -0.2) is 73.5 Å². The average Bonchev–Trinajstić information content (AvgIpc) is 2.79. The highest BCUT2D eigenvalue weighted by atomic mass is 16.2. The fourth-order valence-corrected chi connectivity index (χ4v) is 3.09. The number of carbonyl (C=O) groups excluding carboxylic acids is 2. The van der Waals surface area contributed by atoms with Crippen molar-refractivity contribution < 1.29 is 9.59 Å². The van der Waals surface area contributed by atoms with E-state index in [1.54, 1.807) is 7.05 Å². The van der Waals surface area contributed by atoms with Gasteiger partial charge in [0.25, 0.3) is 0 Å². The Kier molecular flexibility index (Phi) is 5.99. The summed E-state index contributed by atoms with van der Waals surface area (Å²) in [5.74, 6) is -0.0521. The van der Waals surface area contributed by atoms with E-state index in [2.05, 4.69) is 15.5 Å². The number of nitrogens with zero attached hydrogens (tertiary/aromatic N) is 2. The SMILES string of the molecule is CCCNC(=O)CN(C)C(=O)CN1CCC2CCC(C1)N2. The summed E-state index contributed by atoms with van der Waals surface area (Å²) >= 11 is 0. The van der Waals surface area contributed by atoms with Gasteiger partial charge >= 0.3 is 0 Å². The fourth-order valence-electron chi connectivity index (χ4n) is 3.09. The minimum Gasteiger partial charge on any atom is -0.355 e. The zero-order valence-electron chi connectivity index (χ0n) is 13.2. The number of fused-ring (bicyclic) bond motifs is 2. The molecular weight excluding hydrogens is 268 g/mol. The molecule has 2 atom stereocenters. The van der Waals surface area contributed by atoms with E-state index < -0.39 is 0 Å². The number of hydrogen-bond donors (Lipinski definition) is 2. The van der Waals surface area contributed by atoms with Crippen molar-refractivity contribution in [1.82, 2.24) is 20.4 Å². The monoisotopic (exact) mass is 296 g/mol. The Hall–Kier alpha value is -1.14. The number of nitrogens with one attached hydrogen (secondary N) is 2. The van der Waals surface area contributed by atoms with Gasteiger partial charge in [-0.2, -0.15) is 0 Å². The molecule has 0 spiro atoms. The number of hydrogen-bond acceptors (Lipinski definition) is 4. The summed E-state index contributed by atoms with van der Waals surface area (Å²) in [5.41, 5.74) is 0. The maximum absolute atomic E-state index is 12.2. The van der Waals surface area contributed by atoms with Gasteiger partial charge in [0, 0.05) is 38.8 Å². The standard InChI is InChI=1S/C15H28N4O2/c1-3-7-16-14(20)10-18(2)15(21)11-19-8-6-12-4-5-13(9-19)17-12/h12-13,17H,3-11H2,1-2H3,(H,16,20). The van der Waals surface area contributed by atoms with Crippen LogP contribution in [0.3, 0.4) is 0 Å². The van der Waals surface area contributed by atoms with Crippen molar-refractivity contribution in [1.29, 1.82) is 0 Å². The molecule has 0 aromatic heterocycles. The van der Waals surface area contributed by atoms with Crippen LogP contribution in [0.25, 0.3) is 0 Å². The second kappa shape index (κ2) is 7.75. The van der Waals surface area contributed by atoms with Gasteiger partial charge in [0.05, 0.1) is 13.1 Å². The van der Waals surface area contributed by atoms with Crippen molar-refractivity contribution in [3.05, 3.63) is 0 Å². The molecule has 2 aliphatic heterocycles. The van der Waals surface area contributed by atoms with Crippen LogP contribution >= 0.6 is 0 Å². The predicted molar refractivity (Wildman–Crippen MR) is 81.9 cm³/mol. The molecular formula is C15H28N4O2. The highest BCUT2D eigenvalue weighted by Crippen LogP contribution is 2.20. The number of likely N-dealkylation sites (N-methyl/N-ethyl adjacent to an activating group) is 1. The van der Waals surface area contributed by atoms with Gasteiger partial charge < -0.3 is 15.5 Å². The summed E-state index contributed by atoms with van der Waals surface area (Å²) in [6.45, 7) is 5.16. The molecule has 0 radical (unpaired) electrons. The molecule has 120 valence electrons. The van der Waals surface area contributed by atoms with Gasteiger partial charge in [-0.25, -0.2) is 0 Å². The molecule has 2 heterocycles. The van der Waals surface area contributed by atoms with Gasteiger partial charge in [-0.1, -0.05) is 6.92 Å². The Labute approximate surface area is 127 Å². The van der Waals surface area contributed by atoms with Crippen LogP contribution in [0.15, 0.2) is 0 Å². The Morgan fingerprint density at radius 3 is 2.81 bits per heavy atom. The quantitative estimate of drug-likeness (QED) is 0.712. The fraction of sp³-hybridized carbons (Fsp3) is 0.867. The maximum atomic E-state index is 12.2. The van der Waals surface area contributed by atoms with E-state index >= 15 is 0 Å². The minimum atomic E-state index is -0.0794. The molecule has 2 aliphatic rings. The third-order valence-electron chi connectivity index (χ3n) is 4.34. The van der Waals surface area contributed by atoms with Crippen molar-refractivity contribution >= 4 is 11.8 Å². The van der Waals surface area contributed by atoms with Crippen LogP contribution in [0.5, 0.6) is 0 Å². The number of amides is 2. The highest BCUT2D eigenvalue weighted by molar-refractivity contribution is 5.85. The van der Waals surface area contributed by atoms with Gasteiger partial charge in [0.2, 0.25) is 11.8 Å². The number of likely N-dealkylation sites (tertiary alicyclic amines) is 1. The molecule has 0 aromatic rings. The second-order valence-electron chi connectivity index (χ2n) is 6.26. The molecule has 2 amide bonds. The Bertz CT molecular complexity index is 375. The zero-order valence-corrected chi connectivity index (χ0v) is 13.2. The van der Waals surface area contributed by atoms with Crippen LogP contribution in [0.1, 0.15) is 32.6 Å². The third kappa shape index (κ3) is 4.97. The van der Waals surface area contributed by atoms with Crippen LogP contribution in [0.2, 0.25) is 0 Å². The second-order valence-corrected chi connectivity index (χ2v) is 6.26. The topological polar surface area (TPSA) is 64.7 Å². The van der Waals surface area contributed by atoms with Gasteiger partial charge in [0.15, 0.2) is 0 Å². The predicted octanol–water partition coefficient (Wildman–Crippen LogP) is -0.203. The first kappa shape index (κ1) is 16.2. The van der Waals surface area contributed by atoms with Crippen LogP contribution in [0.4, 0.5) is 0 Å². The van der Waals surface area contributed by atoms with E-state index in [1.165, 1.54) is 17.7 Å². The maximum Gasteiger partial charge on any atom is 0.239 e. The molecule has 0 aliphatic carbocycles. The molecule has 2 N–H and O–H groups in total. The molecule has 6 heteroatoms. The third-order valence-corrected chi connectivity index (χ3v) is 4.34. The summed E-state index contributed by atoms with van der Waals surface area (Å²) in [4.78, 5) is 27.6. The first-order valence-corrected chi connectivity index (χ1v) is 8.07. The molecule has 0 aromatic carbocycles. The van der Waals surface area contributed by atoms with Crippen molar-refractivity contribution in [2.75, 3.05) is 39.8 Å². The van der Waals surface area contributed by atoms with Gasteiger partial charge in [0.1, 0.15) is 0 Å². The highest BCUT2D eigenvalue weighted by Gasteiger charge is 2.30. The van der Waals surface area contributed by atoms with E-state index in [0.717, 1.165) is 25.9 Å². The molecule has 21 heavy (non-hydrogen) atoms. The molecule has 2 rings (SSSR count). The molecule has 2 unspecified atom stereocenters. The van der Waals surface area contributed by atoms with Crippen molar-refractivity contribution in [2.45, 2.75) is 44.7 Å². The van der Waals surface area contributed by atoms with E-state index in [0.29, 0.717) is 25.2 Å². The van der Waals surface area contributed by atoms with Gasteiger partial charge in [-0.15, -0.1) is 0 Å². The summed E-state index contributed by atoms with van der Waals surface area (Å²) in [7, 11) is 1.70. The van der Waals surface area contributed by atoms with Gasteiger partial charge in [-0.05, 0) is 25.7 Å². The molecule has 2 saturated heterocycles. The Morgan fingerprint density at radius 2 is 2.05 bits per heavy atom. The smallest absolute Gasteiger partial charge is 0.239 e. The lowest BCUT2D eigenvalue weighted by Gasteiger charge is -2.26. The lowest BCUT2D eigenvalue weighted by atomic mass is 10.1. The summed E-state index contributed by atoms with van der Waals surface area (Å²) in [5, 5.41) is 6.41. The van der Waals surface area contributed by atoms with Crippen molar-refractivity contribution in [2.24, 2.45) is 0 Å². The van der Waals surface area contributed by atoms with E-state index in [1.807, 2.05) is 6.92 Å². The lowest BCUT2D eigenvalue weighted by molar-refractivity contribution is -0.135.